The number of pyridine rings is 1. The molecular weight excluding hydrogens is 310 g/mol. The first-order valence-corrected chi connectivity index (χ1v) is 8.27. The summed E-state index contributed by atoms with van der Waals surface area (Å²) >= 11 is 0. The molecule has 2 aromatic carbocycles. The molecule has 2 N–H and O–H groups in total. The molecule has 4 nitrogen and oxygen atoms in total. The van der Waals surface area contributed by atoms with Crippen molar-refractivity contribution in [2.45, 2.75) is 19.8 Å². The van der Waals surface area contributed by atoms with Gasteiger partial charge in [-0.25, -0.2) is 9.78 Å². The van der Waals surface area contributed by atoms with Crippen molar-refractivity contribution in [3.63, 3.8) is 0 Å². The number of rotatable bonds is 3. The molecule has 3 rings (SSSR count). The second kappa shape index (κ2) is 7.98. The van der Waals surface area contributed by atoms with Crippen LogP contribution in [-0.4, -0.2) is 11.0 Å². The Morgan fingerprint density at radius 2 is 1.84 bits per heavy atom. The molecule has 3 aromatic rings. The number of nitrogens with zero attached hydrogens (tertiary/aromatic N) is 1. The highest BCUT2D eigenvalue weighted by molar-refractivity contribution is 6.05. The van der Waals surface area contributed by atoms with E-state index in [1.807, 2.05) is 54.6 Å². The van der Waals surface area contributed by atoms with Crippen LogP contribution in [0, 0.1) is 11.8 Å². The Morgan fingerprint density at radius 1 is 1.04 bits per heavy atom. The number of anilines is 2. The Labute approximate surface area is 147 Å². The van der Waals surface area contributed by atoms with Crippen LogP contribution in [0.25, 0.3) is 10.8 Å². The third-order valence-corrected chi connectivity index (χ3v) is 3.68. The number of amides is 2. The number of para-hydroxylation sites is 1. The number of unbranched alkanes of at least 4 members (excludes halogenated alkanes) is 1. The van der Waals surface area contributed by atoms with Crippen LogP contribution in [-0.2, 0) is 0 Å². The predicted molar refractivity (Wildman–Crippen MR) is 103 cm³/mol. The van der Waals surface area contributed by atoms with Gasteiger partial charge in [0.1, 0.15) is 5.82 Å². The van der Waals surface area contributed by atoms with Crippen LogP contribution in [0.1, 0.15) is 25.3 Å². The molecule has 0 saturated heterocycles. The minimum atomic E-state index is -0.339. The van der Waals surface area contributed by atoms with Gasteiger partial charge in [0.05, 0.1) is 5.69 Å². The second-order valence-electron chi connectivity index (χ2n) is 5.56. The average Bonchev–Trinajstić information content (AvgIpc) is 2.64. The summed E-state index contributed by atoms with van der Waals surface area (Å²) in [5.41, 5.74) is 1.49. The van der Waals surface area contributed by atoms with E-state index >= 15 is 0 Å². The Bertz CT molecular complexity index is 949. The Kier molecular flexibility index (Phi) is 5.28. The molecule has 0 aliphatic rings. The van der Waals surface area contributed by atoms with E-state index in [2.05, 4.69) is 34.4 Å². The van der Waals surface area contributed by atoms with Crippen molar-refractivity contribution in [1.82, 2.24) is 4.98 Å². The number of hydrogen-bond donors (Lipinski definition) is 2. The first kappa shape index (κ1) is 16.5. The molecule has 0 unspecified atom stereocenters. The maximum absolute atomic E-state index is 12.4. The summed E-state index contributed by atoms with van der Waals surface area (Å²) in [4.78, 5) is 16.7. The molecule has 124 valence electrons. The highest BCUT2D eigenvalue weighted by atomic mass is 16.2. The van der Waals surface area contributed by atoms with Gasteiger partial charge in [0.25, 0.3) is 0 Å². The van der Waals surface area contributed by atoms with Gasteiger partial charge in [-0.3, -0.25) is 5.32 Å². The van der Waals surface area contributed by atoms with E-state index in [1.165, 1.54) is 0 Å². The minimum absolute atomic E-state index is 0.339. The van der Waals surface area contributed by atoms with Gasteiger partial charge in [0.15, 0.2) is 0 Å². The zero-order chi connectivity index (χ0) is 17.5. The minimum Gasteiger partial charge on any atom is -0.306 e. The van der Waals surface area contributed by atoms with E-state index < -0.39 is 0 Å². The number of aromatic nitrogens is 1. The Morgan fingerprint density at radius 3 is 2.72 bits per heavy atom. The molecule has 0 aliphatic carbocycles. The van der Waals surface area contributed by atoms with Crippen molar-refractivity contribution >= 4 is 28.3 Å². The van der Waals surface area contributed by atoms with Gasteiger partial charge >= 0.3 is 6.03 Å². The van der Waals surface area contributed by atoms with Gasteiger partial charge in [-0.1, -0.05) is 55.2 Å². The lowest BCUT2D eigenvalue weighted by atomic mass is 10.1. The summed E-state index contributed by atoms with van der Waals surface area (Å²) in [6.45, 7) is 2.09. The number of carbonyl (C=O) groups excluding carboxylic acids is 1. The first-order chi connectivity index (χ1) is 12.3. The summed E-state index contributed by atoms with van der Waals surface area (Å²) in [5, 5.41) is 7.60. The zero-order valence-electron chi connectivity index (χ0n) is 14.0. The van der Waals surface area contributed by atoms with E-state index in [-0.39, 0.29) is 6.03 Å². The highest BCUT2D eigenvalue weighted by Gasteiger charge is 2.08. The summed E-state index contributed by atoms with van der Waals surface area (Å²) in [6, 6.07) is 16.9. The molecule has 0 radical (unpaired) electrons. The monoisotopic (exact) mass is 329 g/mol. The molecule has 25 heavy (non-hydrogen) atoms. The third kappa shape index (κ3) is 4.15. The summed E-state index contributed by atoms with van der Waals surface area (Å²) in [6.07, 6.45) is 3.53. The fraction of sp³-hybridized carbons (Fsp3) is 0.143. The quantitative estimate of drug-likeness (QED) is 0.662. The smallest absolute Gasteiger partial charge is 0.306 e. The summed E-state index contributed by atoms with van der Waals surface area (Å²) < 4.78 is 0. The zero-order valence-corrected chi connectivity index (χ0v) is 14.0. The van der Waals surface area contributed by atoms with Gasteiger partial charge in [0.2, 0.25) is 0 Å². The predicted octanol–water partition coefficient (Wildman–Crippen LogP) is 5.03. The molecule has 0 saturated carbocycles. The van der Waals surface area contributed by atoms with Crippen molar-refractivity contribution in [2.75, 3.05) is 10.6 Å². The first-order valence-electron chi connectivity index (χ1n) is 8.27. The molecule has 0 bridgehead atoms. The van der Waals surface area contributed by atoms with Crippen LogP contribution in [0.3, 0.4) is 0 Å². The fourth-order valence-electron chi connectivity index (χ4n) is 2.46. The molecular formula is C21H19N3O. The van der Waals surface area contributed by atoms with Crippen LogP contribution in [0.4, 0.5) is 16.3 Å². The SMILES string of the molecule is CCCC#Cc1ccccc1NC(=O)Nc1nccc2ccccc12. The lowest BCUT2D eigenvalue weighted by Crippen LogP contribution is -2.20. The van der Waals surface area contributed by atoms with Crippen molar-refractivity contribution < 1.29 is 4.79 Å². The Balaban J connectivity index is 1.78. The van der Waals surface area contributed by atoms with E-state index in [0.717, 1.165) is 29.2 Å². The lowest BCUT2D eigenvalue weighted by Gasteiger charge is -2.10. The molecule has 1 heterocycles. The van der Waals surface area contributed by atoms with E-state index in [9.17, 15) is 4.79 Å². The highest BCUT2D eigenvalue weighted by Crippen LogP contribution is 2.21. The molecule has 0 fully saturated rings. The summed E-state index contributed by atoms with van der Waals surface area (Å²) in [7, 11) is 0. The van der Waals surface area contributed by atoms with E-state index in [0.29, 0.717) is 11.5 Å². The number of urea groups is 1. The molecule has 1 aromatic heterocycles. The Hall–Kier alpha value is -3.32. The molecule has 0 atom stereocenters. The topological polar surface area (TPSA) is 54.0 Å². The van der Waals surface area contributed by atoms with E-state index in [1.54, 1.807) is 6.20 Å². The number of nitrogens with one attached hydrogen (secondary N) is 2. The van der Waals surface area contributed by atoms with Gasteiger partial charge in [-0.15, -0.1) is 0 Å². The standard InChI is InChI=1S/C21H19N3O/c1-2-3-4-10-17-11-6-8-13-19(17)23-21(25)24-20-18-12-7-5-9-16(18)14-15-22-20/h5-9,11-15H,2-3H2,1H3,(H2,22,23,24,25). The number of carbonyl (C=O) groups is 1. The number of benzene rings is 2. The van der Waals surface area contributed by atoms with Crippen LogP contribution >= 0.6 is 0 Å². The van der Waals surface area contributed by atoms with Crippen molar-refractivity contribution in [3.05, 3.63) is 66.4 Å². The van der Waals surface area contributed by atoms with Crippen LogP contribution in [0.15, 0.2) is 60.8 Å². The van der Waals surface area contributed by atoms with Gasteiger partial charge in [-0.2, -0.15) is 0 Å². The van der Waals surface area contributed by atoms with Gasteiger partial charge in [-0.05, 0) is 30.0 Å². The van der Waals surface area contributed by atoms with Crippen LogP contribution < -0.4 is 10.6 Å². The van der Waals surface area contributed by atoms with Crippen molar-refractivity contribution in [3.8, 4) is 11.8 Å². The molecule has 4 heteroatoms. The summed E-state index contributed by atoms with van der Waals surface area (Å²) in [5.74, 6) is 6.74. The van der Waals surface area contributed by atoms with Crippen molar-refractivity contribution in [1.29, 1.82) is 0 Å². The molecule has 0 spiro atoms. The third-order valence-electron chi connectivity index (χ3n) is 3.68. The van der Waals surface area contributed by atoms with Crippen LogP contribution in [0.2, 0.25) is 0 Å². The van der Waals surface area contributed by atoms with E-state index in [4.69, 9.17) is 0 Å². The molecule has 2 amide bonds. The maximum Gasteiger partial charge on any atom is 0.324 e. The average molecular weight is 329 g/mol. The van der Waals surface area contributed by atoms with Gasteiger partial charge < -0.3 is 5.32 Å². The number of hydrogen-bond acceptors (Lipinski definition) is 2. The number of fused-ring (bicyclic) bond motifs is 1. The lowest BCUT2D eigenvalue weighted by molar-refractivity contribution is 0.262. The fourth-order valence-corrected chi connectivity index (χ4v) is 2.46. The normalized spacial score (nSPS) is 9.96. The second-order valence-corrected chi connectivity index (χ2v) is 5.56. The maximum atomic E-state index is 12.4. The van der Waals surface area contributed by atoms with Gasteiger partial charge in [0, 0.05) is 23.6 Å². The largest absolute Gasteiger partial charge is 0.324 e. The van der Waals surface area contributed by atoms with Crippen molar-refractivity contribution in [2.24, 2.45) is 0 Å². The van der Waals surface area contributed by atoms with Crippen LogP contribution in [0.5, 0.6) is 0 Å². The molecule has 0 aliphatic heterocycles.